The molecule has 1 aromatic carbocycles. The average Bonchev–Trinajstić information content (AvgIpc) is 3.16. The van der Waals surface area contributed by atoms with Crippen LogP contribution in [0.25, 0.3) is 10.9 Å². The number of fused-ring (bicyclic) bond motifs is 1. The molecule has 0 spiro atoms. The smallest absolute Gasteiger partial charge is 0.0459 e. The molecular weight excluding hydrogens is 406 g/mol. The molecule has 0 radical (unpaired) electrons. The number of aromatic nitrogens is 2. The second kappa shape index (κ2) is 10.4. The molecule has 0 unspecified atom stereocenters. The van der Waals surface area contributed by atoms with Crippen molar-refractivity contribution in [1.82, 2.24) is 24.7 Å². The molecular formula is C28H39N5. The summed E-state index contributed by atoms with van der Waals surface area (Å²) in [5.41, 5.74) is 5.35. The molecule has 5 heteroatoms. The van der Waals surface area contributed by atoms with Crippen LogP contribution in [0.5, 0.6) is 0 Å². The number of aromatic amines is 1. The summed E-state index contributed by atoms with van der Waals surface area (Å²) in [6.07, 6.45) is 9.17. The first-order valence-corrected chi connectivity index (χ1v) is 12.8. The SMILES string of the molecule is Cc1c(CN(Cc2ccncc2)CC2CCN(C3CCN(C)CC3)CC2)[nH]c2ccccc12. The molecule has 0 atom stereocenters. The fraction of sp³-hybridized carbons (Fsp3) is 0.536. The minimum absolute atomic E-state index is 0.777. The molecule has 176 valence electrons. The van der Waals surface area contributed by atoms with E-state index in [1.54, 1.807) is 0 Å². The van der Waals surface area contributed by atoms with E-state index in [2.05, 4.69) is 75.0 Å². The normalized spacial score (nSPS) is 19.6. The standard InChI is InChI=1S/C28H39N5/c1-22-26-5-3-4-6-27(26)30-28(22)21-32(19-23-7-13-29-14-8-23)20-24-9-17-33(18-10-24)25-11-15-31(2)16-12-25/h3-8,13-14,24-25,30H,9-12,15-21H2,1-2H3. The van der Waals surface area contributed by atoms with Gasteiger partial charge in [0.2, 0.25) is 0 Å². The first-order chi connectivity index (χ1) is 16.2. The second-order valence-corrected chi connectivity index (χ2v) is 10.3. The van der Waals surface area contributed by atoms with Gasteiger partial charge in [-0.15, -0.1) is 0 Å². The highest BCUT2D eigenvalue weighted by atomic mass is 15.2. The van der Waals surface area contributed by atoms with Crippen molar-refractivity contribution in [2.45, 2.75) is 51.7 Å². The summed E-state index contributed by atoms with van der Waals surface area (Å²) in [6.45, 7) is 10.4. The Morgan fingerprint density at radius 2 is 1.67 bits per heavy atom. The zero-order valence-corrected chi connectivity index (χ0v) is 20.3. The maximum atomic E-state index is 4.22. The van der Waals surface area contributed by atoms with E-state index in [9.17, 15) is 0 Å². The predicted molar refractivity (Wildman–Crippen MR) is 136 cm³/mol. The van der Waals surface area contributed by atoms with Gasteiger partial charge in [-0.25, -0.2) is 0 Å². The van der Waals surface area contributed by atoms with E-state index < -0.39 is 0 Å². The van der Waals surface area contributed by atoms with Gasteiger partial charge in [0, 0.05) is 54.7 Å². The van der Waals surface area contributed by atoms with E-state index in [1.807, 2.05) is 12.4 Å². The number of benzene rings is 1. The second-order valence-electron chi connectivity index (χ2n) is 10.3. The van der Waals surface area contributed by atoms with Gasteiger partial charge in [-0.05, 0) is 101 Å². The lowest BCUT2D eigenvalue weighted by atomic mass is 9.93. The Morgan fingerprint density at radius 1 is 0.939 bits per heavy atom. The van der Waals surface area contributed by atoms with E-state index in [1.165, 1.54) is 86.1 Å². The number of nitrogens with zero attached hydrogens (tertiary/aromatic N) is 4. The summed E-state index contributed by atoms with van der Waals surface area (Å²) in [5.74, 6) is 0.777. The lowest BCUT2D eigenvalue weighted by Gasteiger charge is -2.42. The number of pyridine rings is 1. The quantitative estimate of drug-likeness (QED) is 0.573. The molecule has 0 amide bonds. The van der Waals surface area contributed by atoms with Crippen molar-refractivity contribution in [3.8, 4) is 0 Å². The van der Waals surface area contributed by atoms with Crippen molar-refractivity contribution in [1.29, 1.82) is 0 Å². The maximum Gasteiger partial charge on any atom is 0.0459 e. The third-order valence-corrected chi connectivity index (χ3v) is 7.98. The van der Waals surface area contributed by atoms with E-state index >= 15 is 0 Å². The van der Waals surface area contributed by atoms with Gasteiger partial charge >= 0.3 is 0 Å². The van der Waals surface area contributed by atoms with Crippen molar-refractivity contribution in [3.05, 3.63) is 65.6 Å². The molecule has 4 heterocycles. The van der Waals surface area contributed by atoms with Crippen molar-refractivity contribution in [3.63, 3.8) is 0 Å². The first kappa shape index (κ1) is 22.6. The fourth-order valence-electron chi connectivity index (χ4n) is 5.88. The monoisotopic (exact) mass is 445 g/mol. The van der Waals surface area contributed by atoms with E-state index in [-0.39, 0.29) is 0 Å². The number of piperidine rings is 2. The number of rotatable bonds is 7. The molecule has 2 aliphatic rings. The number of likely N-dealkylation sites (tertiary alicyclic amines) is 2. The number of para-hydroxylation sites is 1. The Morgan fingerprint density at radius 3 is 2.39 bits per heavy atom. The molecule has 1 N–H and O–H groups in total. The molecule has 3 aromatic rings. The first-order valence-electron chi connectivity index (χ1n) is 12.8. The Hall–Kier alpha value is -2.21. The molecule has 5 rings (SSSR count). The number of H-pyrrole nitrogens is 1. The molecule has 0 saturated carbocycles. The van der Waals surface area contributed by atoms with Crippen LogP contribution in [0.1, 0.15) is 42.5 Å². The van der Waals surface area contributed by atoms with Crippen molar-refractivity contribution in [2.24, 2.45) is 5.92 Å². The van der Waals surface area contributed by atoms with Gasteiger partial charge in [-0.1, -0.05) is 18.2 Å². The number of hydrogen-bond donors (Lipinski definition) is 1. The van der Waals surface area contributed by atoms with Crippen molar-refractivity contribution in [2.75, 3.05) is 39.8 Å². The molecule has 5 nitrogen and oxygen atoms in total. The van der Waals surface area contributed by atoms with Gasteiger partial charge < -0.3 is 14.8 Å². The summed E-state index contributed by atoms with van der Waals surface area (Å²) >= 11 is 0. The predicted octanol–water partition coefficient (Wildman–Crippen LogP) is 4.68. The highest BCUT2D eigenvalue weighted by molar-refractivity contribution is 5.84. The summed E-state index contributed by atoms with van der Waals surface area (Å²) in [4.78, 5) is 15.8. The van der Waals surface area contributed by atoms with Crippen LogP contribution in [-0.2, 0) is 13.1 Å². The number of aryl methyl sites for hydroxylation is 1. The Balaban J connectivity index is 1.25. The molecule has 33 heavy (non-hydrogen) atoms. The van der Waals surface area contributed by atoms with Gasteiger partial charge in [0.1, 0.15) is 0 Å². The average molecular weight is 446 g/mol. The van der Waals surface area contributed by atoms with Crippen LogP contribution >= 0.6 is 0 Å². The highest BCUT2D eigenvalue weighted by Crippen LogP contribution is 2.27. The molecule has 2 fully saturated rings. The lowest BCUT2D eigenvalue weighted by Crippen LogP contribution is -2.47. The Kier molecular flexibility index (Phi) is 7.10. The van der Waals surface area contributed by atoms with Crippen molar-refractivity contribution >= 4 is 10.9 Å². The summed E-state index contributed by atoms with van der Waals surface area (Å²) in [5, 5.41) is 1.35. The number of hydrogen-bond acceptors (Lipinski definition) is 4. The van der Waals surface area contributed by atoms with Crippen LogP contribution in [0, 0.1) is 12.8 Å². The minimum atomic E-state index is 0.777. The summed E-state index contributed by atoms with van der Waals surface area (Å²) in [6, 6.07) is 13.8. The van der Waals surface area contributed by atoms with Crippen LogP contribution in [0.2, 0.25) is 0 Å². The van der Waals surface area contributed by atoms with Gasteiger partial charge in [0.15, 0.2) is 0 Å². The van der Waals surface area contributed by atoms with E-state index in [0.29, 0.717) is 0 Å². The largest absolute Gasteiger partial charge is 0.357 e. The molecule has 0 bridgehead atoms. The van der Waals surface area contributed by atoms with Crippen LogP contribution in [0.4, 0.5) is 0 Å². The van der Waals surface area contributed by atoms with Crippen LogP contribution < -0.4 is 0 Å². The summed E-state index contributed by atoms with van der Waals surface area (Å²) in [7, 11) is 2.26. The Labute approximate surface area is 198 Å². The third kappa shape index (κ3) is 5.48. The van der Waals surface area contributed by atoms with Gasteiger partial charge in [-0.3, -0.25) is 9.88 Å². The fourth-order valence-corrected chi connectivity index (χ4v) is 5.88. The van der Waals surface area contributed by atoms with E-state index in [4.69, 9.17) is 0 Å². The zero-order chi connectivity index (χ0) is 22.6. The van der Waals surface area contributed by atoms with Crippen LogP contribution in [-0.4, -0.2) is 70.5 Å². The Bertz CT molecular complexity index is 1010. The van der Waals surface area contributed by atoms with Crippen molar-refractivity contribution < 1.29 is 0 Å². The lowest BCUT2D eigenvalue weighted by molar-refractivity contribution is 0.0726. The molecule has 2 aromatic heterocycles. The molecule has 2 aliphatic heterocycles. The highest BCUT2D eigenvalue weighted by Gasteiger charge is 2.28. The summed E-state index contributed by atoms with van der Waals surface area (Å²) < 4.78 is 0. The van der Waals surface area contributed by atoms with E-state index in [0.717, 1.165) is 25.0 Å². The molecule has 0 aliphatic carbocycles. The van der Waals surface area contributed by atoms with Gasteiger partial charge in [-0.2, -0.15) is 0 Å². The van der Waals surface area contributed by atoms with Crippen LogP contribution in [0.3, 0.4) is 0 Å². The van der Waals surface area contributed by atoms with Gasteiger partial charge in [0.25, 0.3) is 0 Å². The van der Waals surface area contributed by atoms with Crippen LogP contribution in [0.15, 0.2) is 48.8 Å². The molecule has 2 saturated heterocycles. The topological polar surface area (TPSA) is 38.4 Å². The maximum absolute atomic E-state index is 4.22. The van der Waals surface area contributed by atoms with Gasteiger partial charge in [0.05, 0.1) is 0 Å². The third-order valence-electron chi connectivity index (χ3n) is 7.98. The minimum Gasteiger partial charge on any atom is -0.357 e. The zero-order valence-electron chi connectivity index (χ0n) is 20.3. The number of nitrogens with one attached hydrogen (secondary N) is 1.